The molecule has 0 radical (unpaired) electrons. The van der Waals surface area contributed by atoms with Crippen LogP contribution in [0.4, 0.5) is 0 Å². The smallest absolute Gasteiger partial charge is 0.00700 e. The molecule has 1 aliphatic heterocycles. The molecule has 112 valence electrons. The van der Waals surface area contributed by atoms with Gasteiger partial charge in [0.25, 0.3) is 0 Å². The van der Waals surface area contributed by atoms with Crippen LogP contribution in [0.15, 0.2) is 30.3 Å². The van der Waals surface area contributed by atoms with Crippen molar-refractivity contribution in [2.24, 2.45) is 5.92 Å². The van der Waals surface area contributed by atoms with E-state index in [-0.39, 0.29) is 0 Å². The lowest BCUT2D eigenvalue weighted by Gasteiger charge is -2.33. The molecule has 1 saturated heterocycles. The maximum absolute atomic E-state index is 3.46. The summed E-state index contributed by atoms with van der Waals surface area (Å²) in [6.07, 6.45) is 5.16. The molecule has 1 fully saturated rings. The van der Waals surface area contributed by atoms with Gasteiger partial charge >= 0.3 is 0 Å². The predicted molar refractivity (Wildman–Crippen MR) is 87.1 cm³/mol. The van der Waals surface area contributed by atoms with Crippen LogP contribution >= 0.6 is 0 Å². The zero-order valence-corrected chi connectivity index (χ0v) is 13.1. The van der Waals surface area contributed by atoms with Gasteiger partial charge in [-0.15, -0.1) is 0 Å². The Kier molecular flexibility index (Phi) is 6.55. The maximum Gasteiger partial charge on any atom is 0.00700 e. The second-order valence-electron chi connectivity index (χ2n) is 6.15. The van der Waals surface area contributed by atoms with E-state index in [1.54, 1.807) is 0 Å². The van der Waals surface area contributed by atoms with Gasteiger partial charge in [0.2, 0.25) is 0 Å². The van der Waals surface area contributed by atoms with E-state index < -0.39 is 0 Å². The van der Waals surface area contributed by atoms with Gasteiger partial charge in [0, 0.05) is 12.6 Å². The summed E-state index contributed by atoms with van der Waals surface area (Å²) in [5.41, 5.74) is 1.47. The quantitative estimate of drug-likeness (QED) is 0.820. The Hall–Kier alpha value is -0.860. The van der Waals surface area contributed by atoms with Crippen LogP contribution in [0.3, 0.4) is 0 Å². The largest absolute Gasteiger partial charge is 0.317 e. The minimum absolute atomic E-state index is 0.690. The summed E-state index contributed by atoms with van der Waals surface area (Å²) >= 11 is 0. The van der Waals surface area contributed by atoms with Gasteiger partial charge < -0.3 is 10.2 Å². The van der Waals surface area contributed by atoms with Gasteiger partial charge in [-0.1, -0.05) is 37.3 Å². The maximum atomic E-state index is 3.46. The van der Waals surface area contributed by atoms with E-state index in [1.165, 1.54) is 57.4 Å². The number of nitrogens with zero attached hydrogens (tertiary/aromatic N) is 1. The Morgan fingerprint density at radius 1 is 1.20 bits per heavy atom. The summed E-state index contributed by atoms with van der Waals surface area (Å²) in [5.74, 6) is 0.898. The van der Waals surface area contributed by atoms with E-state index >= 15 is 0 Å². The van der Waals surface area contributed by atoms with Crippen molar-refractivity contribution in [2.75, 3.05) is 26.2 Å². The second-order valence-corrected chi connectivity index (χ2v) is 6.15. The molecule has 1 N–H and O–H groups in total. The summed E-state index contributed by atoms with van der Waals surface area (Å²) in [6.45, 7) is 9.59. The number of hydrogen-bond donors (Lipinski definition) is 1. The number of hydrogen-bond acceptors (Lipinski definition) is 2. The van der Waals surface area contributed by atoms with Gasteiger partial charge in [0.1, 0.15) is 0 Å². The molecule has 1 aromatic carbocycles. The minimum atomic E-state index is 0.690. The SMILES string of the molecule is CCN(CC1CCNCC1)C(C)CCc1ccccc1. The third-order valence-corrected chi connectivity index (χ3v) is 4.67. The fraction of sp³-hybridized carbons (Fsp3) is 0.667. The topological polar surface area (TPSA) is 15.3 Å². The highest BCUT2D eigenvalue weighted by atomic mass is 15.1. The molecule has 2 heteroatoms. The number of benzene rings is 1. The number of rotatable bonds is 7. The summed E-state index contributed by atoms with van der Waals surface area (Å²) in [7, 11) is 0. The normalized spacial score (nSPS) is 18.4. The van der Waals surface area contributed by atoms with Gasteiger partial charge in [-0.05, 0) is 63.7 Å². The fourth-order valence-corrected chi connectivity index (χ4v) is 3.22. The molecular formula is C18H30N2. The van der Waals surface area contributed by atoms with Gasteiger partial charge in [0.15, 0.2) is 0 Å². The molecule has 1 heterocycles. The van der Waals surface area contributed by atoms with Crippen LogP contribution in [-0.4, -0.2) is 37.1 Å². The Bertz CT molecular complexity index is 357. The van der Waals surface area contributed by atoms with Crippen molar-refractivity contribution >= 4 is 0 Å². The van der Waals surface area contributed by atoms with E-state index in [0.717, 1.165) is 5.92 Å². The van der Waals surface area contributed by atoms with Gasteiger partial charge in [-0.3, -0.25) is 0 Å². The Morgan fingerprint density at radius 3 is 2.55 bits per heavy atom. The number of piperidine rings is 1. The average Bonchev–Trinajstić information content (AvgIpc) is 2.52. The van der Waals surface area contributed by atoms with E-state index in [1.807, 2.05) is 0 Å². The Balaban J connectivity index is 1.77. The Morgan fingerprint density at radius 2 is 1.90 bits per heavy atom. The predicted octanol–water partition coefficient (Wildman–Crippen LogP) is 3.33. The van der Waals surface area contributed by atoms with E-state index in [4.69, 9.17) is 0 Å². The lowest BCUT2D eigenvalue weighted by Crippen LogP contribution is -2.40. The molecule has 0 saturated carbocycles. The monoisotopic (exact) mass is 274 g/mol. The summed E-state index contributed by atoms with van der Waals surface area (Å²) < 4.78 is 0. The number of aryl methyl sites for hydroxylation is 1. The first-order valence-corrected chi connectivity index (χ1v) is 8.28. The van der Waals surface area contributed by atoms with Crippen LogP contribution < -0.4 is 5.32 Å². The molecule has 0 aromatic heterocycles. The van der Waals surface area contributed by atoms with Crippen LogP contribution in [0.1, 0.15) is 38.7 Å². The molecule has 0 spiro atoms. The van der Waals surface area contributed by atoms with Gasteiger partial charge in [-0.2, -0.15) is 0 Å². The first-order chi connectivity index (χ1) is 9.79. The van der Waals surface area contributed by atoms with Crippen LogP contribution in [0.2, 0.25) is 0 Å². The van der Waals surface area contributed by atoms with Crippen molar-refractivity contribution in [3.63, 3.8) is 0 Å². The van der Waals surface area contributed by atoms with Crippen molar-refractivity contribution in [3.8, 4) is 0 Å². The highest BCUT2D eigenvalue weighted by Crippen LogP contribution is 2.17. The molecule has 0 amide bonds. The number of nitrogens with one attached hydrogen (secondary N) is 1. The first-order valence-electron chi connectivity index (χ1n) is 8.28. The van der Waals surface area contributed by atoms with Crippen molar-refractivity contribution in [1.82, 2.24) is 10.2 Å². The second kappa shape index (κ2) is 8.43. The molecule has 2 rings (SSSR count). The first kappa shape index (κ1) is 15.5. The van der Waals surface area contributed by atoms with Crippen molar-refractivity contribution in [2.45, 2.75) is 45.6 Å². The summed E-state index contributed by atoms with van der Waals surface area (Å²) in [5, 5.41) is 3.46. The summed E-state index contributed by atoms with van der Waals surface area (Å²) in [4.78, 5) is 2.68. The molecule has 20 heavy (non-hydrogen) atoms. The van der Waals surface area contributed by atoms with Gasteiger partial charge in [-0.25, -0.2) is 0 Å². The molecule has 1 aliphatic rings. The highest BCUT2D eigenvalue weighted by Gasteiger charge is 2.19. The molecule has 0 aliphatic carbocycles. The zero-order chi connectivity index (χ0) is 14.2. The molecule has 1 aromatic rings. The molecule has 0 bridgehead atoms. The van der Waals surface area contributed by atoms with Crippen molar-refractivity contribution in [1.29, 1.82) is 0 Å². The Labute approximate surface area is 124 Å². The van der Waals surface area contributed by atoms with Crippen molar-refractivity contribution in [3.05, 3.63) is 35.9 Å². The van der Waals surface area contributed by atoms with Crippen LogP contribution in [0.25, 0.3) is 0 Å². The zero-order valence-electron chi connectivity index (χ0n) is 13.1. The van der Waals surface area contributed by atoms with Crippen molar-refractivity contribution < 1.29 is 0 Å². The van der Waals surface area contributed by atoms with Crippen LogP contribution in [0, 0.1) is 5.92 Å². The molecule has 2 nitrogen and oxygen atoms in total. The molecule has 1 unspecified atom stereocenters. The summed E-state index contributed by atoms with van der Waals surface area (Å²) in [6, 6.07) is 11.6. The van der Waals surface area contributed by atoms with Gasteiger partial charge in [0.05, 0.1) is 0 Å². The van der Waals surface area contributed by atoms with E-state index in [9.17, 15) is 0 Å². The minimum Gasteiger partial charge on any atom is -0.317 e. The average molecular weight is 274 g/mol. The molecule has 1 atom stereocenters. The lowest BCUT2D eigenvalue weighted by atomic mass is 9.96. The fourth-order valence-electron chi connectivity index (χ4n) is 3.22. The third-order valence-electron chi connectivity index (χ3n) is 4.67. The highest BCUT2D eigenvalue weighted by molar-refractivity contribution is 5.14. The standard InChI is InChI=1S/C18H30N2/c1-3-20(15-18-11-13-19-14-12-18)16(2)9-10-17-7-5-4-6-8-17/h4-8,16,18-19H,3,9-15H2,1-2H3. The van der Waals surface area contributed by atoms with Crippen LogP contribution in [-0.2, 0) is 6.42 Å². The molecular weight excluding hydrogens is 244 g/mol. The van der Waals surface area contributed by atoms with E-state index in [0.29, 0.717) is 6.04 Å². The van der Waals surface area contributed by atoms with E-state index in [2.05, 4.69) is 54.4 Å². The van der Waals surface area contributed by atoms with Crippen LogP contribution in [0.5, 0.6) is 0 Å². The lowest BCUT2D eigenvalue weighted by molar-refractivity contribution is 0.162. The third kappa shape index (κ3) is 4.92.